The van der Waals surface area contributed by atoms with Gasteiger partial charge in [0.2, 0.25) is 0 Å². The maximum atomic E-state index is 11.5. The van der Waals surface area contributed by atoms with Crippen molar-refractivity contribution in [2.45, 2.75) is 53.1 Å². The first-order chi connectivity index (χ1) is 11.3. The normalized spacial score (nSPS) is 12.2. The Morgan fingerprint density at radius 3 is 2.21 bits per heavy atom. The van der Waals surface area contributed by atoms with Gasteiger partial charge in [0.1, 0.15) is 5.60 Å². The standard InChI is InChI=1S/C17H37N5O2/c1-7-13-22(8-2)14-12-20-15(18-6)19-10-9-11-21-16(23)24-17(3,4)5/h7-14H2,1-6H3,(H,21,23)(H2,18,19,20). The van der Waals surface area contributed by atoms with Crippen molar-refractivity contribution in [3.05, 3.63) is 0 Å². The topological polar surface area (TPSA) is 78.0 Å². The number of likely N-dealkylation sites (N-methyl/N-ethyl adjacent to an activating group) is 1. The van der Waals surface area contributed by atoms with E-state index in [1.807, 2.05) is 20.8 Å². The van der Waals surface area contributed by atoms with Gasteiger partial charge in [-0.2, -0.15) is 0 Å². The Kier molecular flexibility index (Phi) is 12.1. The maximum absolute atomic E-state index is 11.5. The van der Waals surface area contributed by atoms with Gasteiger partial charge < -0.3 is 25.6 Å². The lowest BCUT2D eigenvalue weighted by atomic mass is 10.2. The van der Waals surface area contributed by atoms with Crippen LogP contribution in [0.2, 0.25) is 0 Å². The van der Waals surface area contributed by atoms with Crippen LogP contribution >= 0.6 is 0 Å². The van der Waals surface area contributed by atoms with Crippen molar-refractivity contribution in [2.75, 3.05) is 46.3 Å². The molecule has 7 nitrogen and oxygen atoms in total. The molecular formula is C17H37N5O2. The molecule has 0 fully saturated rings. The Morgan fingerprint density at radius 1 is 1.04 bits per heavy atom. The molecule has 0 bridgehead atoms. The summed E-state index contributed by atoms with van der Waals surface area (Å²) in [7, 11) is 1.76. The highest BCUT2D eigenvalue weighted by Gasteiger charge is 2.15. The summed E-state index contributed by atoms with van der Waals surface area (Å²) in [5, 5.41) is 9.29. The minimum Gasteiger partial charge on any atom is -0.444 e. The summed E-state index contributed by atoms with van der Waals surface area (Å²) in [6, 6.07) is 0. The molecule has 7 heteroatoms. The second-order valence-electron chi connectivity index (χ2n) is 6.64. The highest BCUT2D eigenvalue weighted by Crippen LogP contribution is 2.06. The van der Waals surface area contributed by atoms with Gasteiger partial charge in [0, 0.05) is 33.2 Å². The van der Waals surface area contributed by atoms with Crippen molar-refractivity contribution in [3.63, 3.8) is 0 Å². The number of rotatable bonds is 10. The van der Waals surface area contributed by atoms with E-state index in [0.29, 0.717) is 6.54 Å². The number of aliphatic imine (C=N–C) groups is 1. The molecule has 3 N–H and O–H groups in total. The van der Waals surface area contributed by atoms with Crippen molar-refractivity contribution in [3.8, 4) is 0 Å². The van der Waals surface area contributed by atoms with Crippen LogP contribution < -0.4 is 16.0 Å². The first-order valence-corrected chi connectivity index (χ1v) is 8.96. The molecule has 142 valence electrons. The van der Waals surface area contributed by atoms with Crippen molar-refractivity contribution < 1.29 is 9.53 Å². The molecular weight excluding hydrogens is 306 g/mol. The summed E-state index contributed by atoms with van der Waals surface area (Å²) in [6.07, 6.45) is 1.60. The van der Waals surface area contributed by atoms with E-state index in [4.69, 9.17) is 4.74 Å². The van der Waals surface area contributed by atoms with Crippen LogP contribution in [0.25, 0.3) is 0 Å². The molecule has 24 heavy (non-hydrogen) atoms. The van der Waals surface area contributed by atoms with Crippen LogP contribution in [0.5, 0.6) is 0 Å². The zero-order valence-corrected chi connectivity index (χ0v) is 16.4. The Hall–Kier alpha value is -1.50. The molecule has 1 amide bonds. The Balaban J connectivity index is 3.78. The van der Waals surface area contributed by atoms with E-state index in [1.54, 1.807) is 7.05 Å². The number of hydrogen-bond acceptors (Lipinski definition) is 4. The summed E-state index contributed by atoms with van der Waals surface area (Å²) in [4.78, 5) is 18.1. The van der Waals surface area contributed by atoms with Crippen LogP contribution in [0.4, 0.5) is 4.79 Å². The molecule has 0 aliphatic rings. The number of nitrogens with zero attached hydrogens (tertiary/aromatic N) is 2. The van der Waals surface area contributed by atoms with Gasteiger partial charge in [-0.05, 0) is 46.7 Å². The molecule has 0 aromatic carbocycles. The van der Waals surface area contributed by atoms with Crippen molar-refractivity contribution >= 4 is 12.1 Å². The number of guanidine groups is 1. The highest BCUT2D eigenvalue weighted by molar-refractivity contribution is 5.79. The molecule has 0 rings (SSSR count). The lowest BCUT2D eigenvalue weighted by Gasteiger charge is -2.20. The van der Waals surface area contributed by atoms with Gasteiger partial charge in [0.15, 0.2) is 5.96 Å². The van der Waals surface area contributed by atoms with Crippen LogP contribution in [-0.4, -0.2) is 68.9 Å². The first kappa shape index (κ1) is 22.5. The summed E-state index contributed by atoms with van der Waals surface area (Å²) < 4.78 is 5.18. The average Bonchev–Trinajstić information content (AvgIpc) is 2.50. The van der Waals surface area contributed by atoms with E-state index in [-0.39, 0.29) is 6.09 Å². The monoisotopic (exact) mass is 343 g/mol. The quantitative estimate of drug-likeness (QED) is 0.320. The number of alkyl carbamates (subject to hydrolysis) is 1. The van der Waals surface area contributed by atoms with Gasteiger partial charge >= 0.3 is 6.09 Å². The number of ether oxygens (including phenoxy) is 1. The molecule has 0 spiro atoms. The lowest BCUT2D eigenvalue weighted by Crippen LogP contribution is -2.42. The number of amides is 1. The van der Waals surface area contributed by atoms with E-state index < -0.39 is 5.60 Å². The van der Waals surface area contributed by atoms with Gasteiger partial charge in [-0.3, -0.25) is 4.99 Å². The molecule has 0 heterocycles. The fourth-order valence-corrected chi connectivity index (χ4v) is 2.10. The second-order valence-corrected chi connectivity index (χ2v) is 6.64. The molecule has 0 radical (unpaired) electrons. The molecule has 0 aromatic rings. The van der Waals surface area contributed by atoms with E-state index in [9.17, 15) is 4.79 Å². The molecule has 0 unspecified atom stereocenters. The van der Waals surface area contributed by atoms with E-state index in [2.05, 4.69) is 39.7 Å². The zero-order chi connectivity index (χ0) is 18.4. The third-order valence-corrected chi connectivity index (χ3v) is 3.25. The Labute approximate surface area is 147 Å². The van der Waals surface area contributed by atoms with Gasteiger partial charge in [0.25, 0.3) is 0 Å². The Morgan fingerprint density at radius 2 is 1.67 bits per heavy atom. The van der Waals surface area contributed by atoms with Crippen LogP contribution in [0.15, 0.2) is 4.99 Å². The molecule has 0 saturated heterocycles. The van der Waals surface area contributed by atoms with Crippen LogP contribution in [0.3, 0.4) is 0 Å². The van der Waals surface area contributed by atoms with Crippen molar-refractivity contribution in [1.82, 2.24) is 20.9 Å². The maximum Gasteiger partial charge on any atom is 0.407 e. The minimum absolute atomic E-state index is 0.374. The van der Waals surface area contributed by atoms with E-state index >= 15 is 0 Å². The average molecular weight is 344 g/mol. The van der Waals surface area contributed by atoms with Gasteiger partial charge in [-0.25, -0.2) is 4.79 Å². The zero-order valence-electron chi connectivity index (χ0n) is 16.4. The SMILES string of the molecule is CCCN(CC)CCNC(=NC)NCCCNC(=O)OC(C)(C)C. The van der Waals surface area contributed by atoms with Crippen molar-refractivity contribution in [1.29, 1.82) is 0 Å². The summed E-state index contributed by atoms with van der Waals surface area (Å²) in [5.41, 5.74) is -0.460. The van der Waals surface area contributed by atoms with Crippen LogP contribution in [0.1, 0.15) is 47.5 Å². The Bertz CT molecular complexity index is 366. The van der Waals surface area contributed by atoms with Crippen LogP contribution in [0, 0.1) is 0 Å². The molecule has 0 atom stereocenters. The van der Waals surface area contributed by atoms with Gasteiger partial charge in [-0.1, -0.05) is 13.8 Å². The van der Waals surface area contributed by atoms with Crippen LogP contribution in [-0.2, 0) is 4.74 Å². The molecule has 0 aliphatic carbocycles. The largest absolute Gasteiger partial charge is 0.444 e. The number of carbonyl (C=O) groups excluding carboxylic acids is 1. The third-order valence-electron chi connectivity index (χ3n) is 3.25. The van der Waals surface area contributed by atoms with Gasteiger partial charge in [-0.15, -0.1) is 0 Å². The number of carbonyl (C=O) groups is 1. The number of hydrogen-bond donors (Lipinski definition) is 3. The third kappa shape index (κ3) is 13.0. The summed E-state index contributed by atoms with van der Waals surface area (Å²) in [6.45, 7) is 15.3. The van der Waals surface area contributed by atoms with E-state index in [0.717, 1.165) is 45.1 Å². The summed E-state index contributed by atoms with van der Waals surface area (Å²) >= 11 is 0. The molecule has 0 saturated carbocycles. The fourth-order valence-electron chi connectivity index (χ4n) is 2.10. The lowest BCUT2D eigenvalue weighted by molar-refractivity contribution is 0.0527. The molecule has 0 aromatic heterocycles. The smallest absolute Gasteiger partial charge is 0.407 e. The number of nitrogens with one attached hydrogen (secondary N) is 3. The minimum atomic E-state index is -0.460. The van der Waals surface area contributed by atoms with E-state index in [1.165, 1.54) is 6.42 Å². The van der Waals surface area contributed by atoms with Crippen molar-refractivity contribution in [2.24, 2.45) is 4.99 Å². The highest BCUT2D eigenvalue weighted by atomic mass is 16.6. The predicted molar refractivity (Wildman–Crippen MR) is 101 cm³/mol. The molecule has 0 aliphatic heterocycles. The van der Waals surface area contributed by atoms with Gasteiger partial charge in [0.05, 0.1) is 0 Å². The first-order valence-electron chi connectivity index (χ1n) is 8.96. The predicted octanol–water partition coefficient (Wildman–Crippen LogP) is 1.80. The summed E-state index contributed by atoms with van der Waals surface area (Å²) in [5.74, 6) is 0.791. The second kappa shape index (κ2) is 12.9. The fraction of sp³-hybridized carbons (Fsp3) is 0.882.